The molecular weight excluding hydrogens is 160 g/mol. The van der Waals surface area contributed by atoms with Gasteiger partial charge in [-0.15, -0.1) is 5.73 Å². The van der Waals surface area contributed by atoms with E-state index in [2.05, 4.69) is 21.8 Å². The summed E-state index contributed by atoms with van der Waals surface area (Å²) in [5.74, 6) is -1.43. The molecule has 0 aromatic rings. The second-order valence-corrected chi connectivity index (χ2v) is 2.20. The highest BCUT2D eigenvalue weighted by atomic mass is 16.7. The number of carbonyl (C=O) groups excluding carboxylic acids is 2. The average molecular weight is 168 g/mol. The summed E-state index contributed by atoms with van der Waals surface area (Å²) in [4.78, 5) is 21.9. The molecule has 1 fully saturated rings. The Kier molecular flexibility index (Phi) is 2.31. The van der Waals surface area contributed by atoms with Gasteiger partial charge in [-0.25, -0.2) is 9.59 Å². The zero-order chi connectivity index (χ0) is 9.14. The summed E-state index contributed by atoms with van der Waals surface area (Å²) in [5.41, 5.74) is 1.90. The molecule has 64 valence electrons. The first-order valence-corrected chi connectivity index (χ1v) is 3.51. The van der Waals surface area contributed by atoms with Crippen molar-refractivity contribution in [3.8, 4) is 0 Å². The summed E-state index contributed by atoms with van der Waals surface area (Å²) < 4.78 is 9.38. The largest absolute Gasteiger partial charge is 0.421 e. The highest BCUT2D eigenvalue weighted by molar-refractivity contribution is 6.14. The highest BCUT2D eigenvalue weighted by Crippen LogP contribution is 2.14. The topological polar surface area (TPSA) is 52.6 Å². The van der Waals surface area contributed by atoms with E-state index < -0.39 is 18.2 Å². The van der Waals surface area contributed by atoms with E-state index in [0.29, 0.717) is 6.42 Å². The molecule has 0 aliphatic carbocycles. The second kappa shape index (κ2) is 3.24. The number of esters is 2. The minimum atomic E-state index is -0.762. The molecule has 0 amide bonds. The maximum atomic E-state index is 10.9. The fourth-order valence-electron chi connectivity index (χ4n) is 0.775. The SMILES string of the molecule is C=C=C1C(=O)OC(CC)OC1=O. The first kappa shape index (κ1) is 8.56. The van der Waals surface area contributed by atoms with Gasteiger partial charge >= 0.3 is 11.9 Å². The fraction of sp³-hybridized carbons (Fsp3) is 0.375. The molecule has 4 nitrogen and oxygen atoms in total. The molecule has 0 N–H and O–H groups in total. The van der Waals surface area contributed by atoms with Crippen LogP contribution in [0.2, 0.25) is 0 Å². The quantitative estimate of drug-likeness (QED) is 0.248. The van der Waals surface area contributed by atoms with Gasteiger partial charge in [0.1, 0.15) is 0 Å². The third-order valence-electron chi connectivity index (χ3n) is 1.40. The number of hydrogen-bond acceptors (Lipinski definition) is 4. The van der Waals surface area contributed by atoms with Crippen LogP contribution in [0.1, 0.15) is 13.3 Å². The van der Waals surface area contributed by atoms with Crippen LogP contribution in [0.5, 0.6) is 0 Å². The standard InChI is InChI=1S/C8H8O4/c1-3-5-7(9)11-6(4-2)12-8(5)10/h6H,1,4H2,2H3. The van der Waals surface area contributed by atoms with Gasteiger partial charge in [-0.2, -0.15) is 0 Å². The van der Waals surface area contributed by atoms with E-state index in [0.717, 1.165) is 0 Å². The first-order valence-electron chi connectivity index (χ1n) is 3.51. The molecule has 12 heavy (non-hydrogen) atoms. The van der Waals surface area contributed by atoms with Gasteiger partial charge in [0.15, 0.2) is 5.57 Å². The lowest BCUT2D eigenvalue weighted by Gasteiger charge is -2.21. The lowest BCUT2D eigenvalue weighted by Crippen LogP contribution is -2.33. The van der Waals surface area contributed by atoms with Crippen LogP contribution in [0.15, 0.2) is 17.9 Å². The lowest BCUT2D eigenvalue weighted by molar-refractivity contribution is -0.194. The van der Waals surface area contributed by atoms with Gasteiger partial charge < -0.3 is 9.47 Å². The highest BCUT2D eigenvalue weighted by Gasteiger charge is 2.32. The molecule has 0 saturated carbocycles. The molecular formula is C8H8O4. The van der Waals surface area contributed by atoms with Crippen LogP contribution in [0.25, 0.3) is 0 Å². The van der Waals surface area contributed by atoms with Crippen LogP contribution in [0.4, 0.5) is 0 Å². The number of cyclic esters (lactones) is 2. The summed E-state index contributed by atoms with van der Waals surface area (Å²) in [7, 11) is 0. The van der Waals surface area contributed by atoms with E-state index in [4.69, 9.17) is 0 Å². The van der Waals surface area contributed by atoms with Crippen molar-refractivity contribution in [1.29, 1.82) is 0 Å². The monoisotopic (exact) mass is 168 g/mol. The van der Waals surface area contributed by atoms with Crippen molar-refractivity contribution in [1.82, 2.24) is 0 Å². The minimum absolute atomic E-state index is 0.264. The van der Waals surface area contributed by atoms with Crippen molar-refractivity contribution in [2.24, 2.45) is 0 Å². The third kappa shape index (κ3) is 1.38. The van der Waals surface area contributed by atoms with Crippen molar-refractivity contribution in [2.75, 3.05) is 0 Å². The number of rotatable bonds is 1. The van der Waals surface area contributed by atoms with Crippen LogP contribution in [0, 0.1) is 0 Å². The van der Waals surface area contributed by atoms with Gasteiger partial charge in [0.05, 0.1) is 0 Å². The Balaban J connectivity index is 2.84. The van der Waals surface area contributed by atoms with Crippen molar-refractivity contribution < 1.29 is 19.1 Å². The molecule has 4 heteroatoms. The summed E-state index contributed by atoms with van der Waals surface area (Å²) in [6, 6.07) is 0. The average Bonchev–Trinajstić information content (AvgIpc) is 2.03. The molecule has 0 atom stereocenters. The van der Waals surface area contributed by atoms with Gasteiger partial charge in [0.2, 0.25) is 6.29 Å². The minimum Gasteiger partial charge on any atom is -0.421 e. The molecule has 1 heterocycles. The Morgan fingerprint density at radius 3 is 2.25 bits per heavy atom. The van der Waals surface area contributed by atoms with Crippen molar-refractivity contribution in [3.63, 3.8) is 0 Å². The molecule has 1 saturated heterocycles. The van der Waals surface area contributed by atoms with Crippen molar-refractivity contribution in [3.05, 3.63) is 17.9 Å². The fourth-order valence-corrected chi connectivity index (χ4v) is 0.775. The Morgan fingerprint density at radius 1 is 1.42 bits per heavy atom. The van der Waals surface area contributed by atoms with Gasteiger partial charge in [-0.1, -0.05) is 13.5 Å². The summed E-state index contributed by atoms with van der Waals surface area (Å²) in [5, 5.41) is 0. The summed E-state index contributed by atoms with van der Waals surface area (Å²) in [6.45, 7) is 4.92. The Labute approximate surface area is 69.5 Å². The number of ether oxygens (including phenoxy) is 2. The van der Waals surface area contributed by atoms with Gasteiger partial charge in [0.25, 0.3) is 0 Å². The van der Waals surface area contributed by atoms with Gasteiger partial charge in [0, 0.05) is 6.42 Å². The smallest absolute Gasteiger partial charge is 0.356 e. The van der Waals surface area contributed by atoms with E-state index in [1.807, 2.05) is 0 Å². The van der Waals surface area contributed by atoms with Crippen LogP contribution in [0.3, 0.4) is 0 Å². The molecule has 0 aromatic carbocycles. The second-order valence-electron chi connectivity index (χ2n) is 2.20. The van der Waals surface area contributed by atoms with E-state index in [1.54, 1.807) is 6.92 Å². The maximum absolute atomic E-state index is 10.9. The summed E-state index contributed by atoms with van der Waals surface area (Å²) >= 11 is 0. The first-order chi connectivity index (χ1) is 5.69. The number of carbonyl (C=O) groups is 2. The van der Waals surface area contributed by atoms with E-state index in [9.17, 15) is 9.59 Å². The lowest BCUT2D eigenvalue weighted by atomic mass is 10.2. The third-order valence-corrected chi connectivity index (χ3v) is 1.40. The molecule has 0 spiro atoms. The van der Waals surface area contributed by atoms with E-state index >= 15 is 0 Å². The van der Waals surface area contributed by atoms with Crippen LogP contribution in [-0.2, 0) is 19.1 Å². The maximum Gasteiger partial charge on any atom is 0.356 e. The zero-order valence-corrected chi connectivity index (χ0v) is 6.62. The molecule has 1 aliphatic rings. The Bertz CT molecular complexity index is 253. The Morgan fingerprint density at radius 2 is 1.92 bits per heavy atom. The Hall–Kier alpha value is -1.54. The molecule has 0 radical (unpaired) electrons. The van der Waals surface area contributed by atoms with E-state index in [-0.39, 0.29) is 5.57 Å². The zero-order valence-electron chi connectivity index (χ0n) is 6.62. The van der Waals surface area contributed by atoms with Gasteiger partial charge in [-0.3, -0.25) is 0 Å². The van der Waals surface area contributed by atoms with E-state index in [1.165, 1.54) is 0 Å². The molecule has 1 aliphatic heterocycles. The number of hydrogen-bond donors (Lipinski definition) is 0. The predicted molar refractivity (Wildman–Crippen MR) is 38.9 cm³/mol. The van der Waals surface area contributed by atoms with Crippen LogP contribution in [-0.4, -0.2) is 18.2 Å². The van der Waals surface area contributed by atoms with Gasteiger partial charge in [-0.05, 0) is 0 Å². The van der Waals surface area contributed by atoms with Crippen LogP contribution >= 0.6 is 0 Å². The van der Waals surface area contributed by atoms with Crippen molar-refractivity contribution in [2.45, 2.75) is 19.6 Å². The molecule has 0 unspecified atom stereocenters. The normalized spacial score (nSPS) is 22.8. The van der Waals surface area contributed by atoms with Crippen LogP contribution < -0.4 is 0 Å². The predicted octanol–water partition coefficient (Wildman–Crippen LogP) is 0.534. The summed E-state index contributed by atoms with van der Waals surface area (Å²) in [6.07, 6.45) is -0.316. The molecule has 1 rings (SSSR count). The molecule has 0 aromatic heterocycles. The molecule has 0 bridgehead atoms. The van der Waals surface area contributed by atoms with Crippen molar-refractivity contribution >= 4 is 11.9 Å².